The first-order valence-electron chi connectivity index (χ1n) is 5.61. The summed E-state index contributed by atoms with van der Waals surface area (Å²) in [5, 5.41) is 0. The lowest BCUT2D eigenvalue weighted by atomic mass is 9.94. The van der Waals surface area contributed by atoms with E-state index in [1.165, 1.54) is 31.2 Å². The van der Waals surface area contributed by atoms with Crippen molar-refractivity contribution in [2.75, 3.05) is 0 Å². The summed E-state index contributed by atoms with van der Waals surface area (Å²) in [5.74, 6) is 0.726. The molecule has 2 nitrogen and oxygen atoms in total. The van der Waals surface area contributed by atoms with Crippen molar-refractivity contribution in [3.63, 3.8) is 0 Å². The Labute approximate surface area is 99.4 Å². The Kier molecular flexibility index (Phi) is 3.76. The minimum atomic E-state index is 0.309. The largest absolute Gasteiger partial charge is 0.327 e. The third-order valence-electron chi connectivity index (χ3n) is 3.24. The number of hydrogen-bond donors (Lipinski definition) is 1. The van der Waals surface area contributed by atoms with Crippen molar-refractivity contribution in [2.24, 2.45) is 11.7 Å². The summed E-state index contributed by atoms with van der Waals surface area (Å²) in [6.45, 7) is 0. The SMILES string of the molecule is NC(Cc1cncc(Br)c1)C1CCCC1. The van der Waals surface area contributed by atoms with E-state index in [0.29, 0.717) is 6.04 Å². The molecular formula is C12H17BrN2. The molecule has 0 amide bonds. The normalized spacial score (nSPS) is 19.3. The lowest BCUT2D eigenvalue weighted by Gasteiger charge is -2.18. The predicted molar refractivity (Wildman–Crippen MR) is 65.6 cm³/mol. The monoisotopic (exact) mass is 268 g/mol. The van der Waals surface area contributed by atoms with Crippen LogP contribution in [0.15, 0.2) is 22.9 Å². The smallest absolute Gasteiger partial charge is 0.0410 e. The molecule has 1 heterocycles. The fourth-order valence-corrected chi connectivity index (χ4v) is 2.80. The Balaban J connectivity index is 1.95. The fraction of sp³-hybridized carbons (Fsp3) is 0.583. The van der Waals surface area contributed by atoms with Gasteiger partial charge in [0.05, 0.1) is 0 Å². The summed E-state index contributed by atoms with van der Waals surface area (Å²) in [7, 11) is 0. The number of aromatic nitrogens is 1. The van der Waals surface area contributed by atoms with Gasteiger partial charge in [-0.15, -0.1) is 0 Å². The summed E-state index contributed by atoms with van der Waals surface area (Å²) in [6.07, 6.45) is 10.0. The Hall–Kier alpha value is -0.410. The van der Waals surface area contributed by atoms with Crippen LogP contribution in [0.25, 0.3) is 0 Å². The van der Waals surface area contributed by atoms with Gasteiger partial charge in [0.15, 0.2) is 0 Å². The first-order chi connectivity index (χ1) is 7.25. The molecule has 0 saturated heterocycles. The molecule has 15 heavy (non-hydrogen) atoms. The first kappa shape index (κ1) is 11.1. The van der Waals surface area contributed by atoms with Crippen LogP contribution in [-0.4, -0.2) is 11.0 Å². The standard InChI is InChI=1S/C12H17BrN2/c13-11-5-9(7-15-8-11)6-12(14)10-3-1-2-4-10/h5,7-8,10,12H,1-4,6,14H2. The first-order valence-corrected chi connectivity index (χ1v) is 6.40. The van der Waals surface area contributed by atoms with E-state index in [2.05, 4.69) is 27.0 Å². The van der Waals surface area contributed by atoms with Gasteiger partial charge < -0.3 is 5.73 Å². The zero-order chi connectivity index (χ0) is 10.7. The molecule has 0 aliphatic heterocycles. The Morgan fingerprint density at radius 3 is 2.80 bits per heavy atom. The van der Waals surface area contributed by atoms with Gasteiger partial charge in [-0.05, 0) is 52.7 Å². The van der Waals surface area contributed by atoms with E-state index in [0.717, 1.165) is 16.8 Å². The topological polar surface area (TPSA) is 38.9 Å². The second kappa shape index (κ2) is 5.08. The molecule has 1 unspecified atom stereocenters. The molecule has 1 aromatic rings. The minimum Gasteiger partial charge on any atom is -0.327 e. The van der Waals surface area contributed by atoms with Crippen LogP contribution in [0.1, 0.15) is 31.2 Å². The molecule has 2 N–H and O–H groups in total. The molecule has 1 aliphatic rings. The number of nitrogens with zero attached hydrogens (tertiary/aromatic N) is 1. The van der Waals surface area contributed by atoms with Crippen molar-refractivity contribution in [1.82, 2.24) is 4.98 Å². The predicted octanol–water partition coefficient (Wildman–Crippen LogP) is 2.90. The maximum Gasteiger partial charge on any atom is 0.0410 e. The van der Waals surface area contributed by atoms with E-state index in [1.807, 2.05) is 12.4 Å². The highest BCUT2D eigenvalue weighted by Gasteiger charge is 2.21. The molecule has 1 fully saturated rings. The summed E-state index contributed by atoms with van der Waals surface area (Å²) in [6, 6.07) is 2.42. The van der Waals surface area contributed by atoms with Crippen molar-refractivity contribution < 1.29 is 0 Å². The van der Waals surface area contributed by atoms with Gasteiger partial charge >= 0.3 is 0 Å². The van der Waals surface area contributed by atoms with Crippen LogP contribution >= 0.6 is 15.9 Å². The number of halogens is 1. The van der Waals surface area contributed by atoms with Gasteiger partial charge in [0.2, 0.25) is 0 Å². The number of rotatable bonds is 3. The van der Waals surface area contributed by atoms with Crippen LogP contribution in [-0.2, 0) is 6.42 Å². The van der Waals surface area contributed by atoms with Gasteiger partial charge in [0, 0.05) is 22.9 Å². The van der Waals surface area contributed by atoms with E-state index >= 15 is 0 Å². The molecule has 0 bridgehead atoms. The van der Waals surface area contributed by atoms with E-state index < -0.39 is 0 Å². The van der Waals surface area contributed by atoms with Crippen LogP contribution in [0.3, 0.4) is 0 Å². The lowest BCUT2D eigenvalue weighted by Crippen LogP contribution is -2.30. The molecule has 1 saturated carbocycles. The van der Waals surface area contributed by atoms with Crippen molar-refractivity contribution >= 4 is 15.9 Å². The minimum absolute atomic E-state index is 0.309. The van der Waals surface area contributed by atoms with E-state index in [1.54, 1.807) is 0 Å². The molecular weight excluding hydrogens is 252 g/mol. The lowest BCUT2D eigenvalue weighted by molar-refractivity contribution is 0.429. The molecule has 1 aliphatic carbocycles. The highest BCUT2D eigenvalue weighted by atomic mass is 79.9. The molecule has 82 valence electrons. The quantitative estimate of drug-likeness (QED) is 0.916. The van der Waals surface area contributed by atoms with Gasteiger partial charge in [0.1, 0.15) is 0 Å². The van der Waals surface area contributed by atoms with Gasteiger partial charge in [0.25, 0.3) is 0 Å². The van der Waals surface area contributed by atoms with Gasteiger partial charge in [-0.2, -0.15) is 0 Å². The maximum absolute atomic E-state index is 6.22. The Morgan fingerprint density at radius 1 is 1.40 bits per heavy atom. The van der Waals surface area contributed by atoms with Gasteiger partial charge in [-0.3, -0.25) is 4.98 Å². The van der Waals surface area contributed by atoms with Gasteiger partial charge in [-0.25, -0.2) is 0 Å². The van der Waals surface area contributed by atoms with Crippen molar-refractivity contribution in [3.05, 3.63) is 28.5 Å². The van der Waals surface area contributed by atoms with E-state index in [9.17, 15) is 0 Å². The zero-order valence-corrected chi connectivity index (χ0v) is 10.4. The average molecular weight is 269 g/mol. The maximum atomic E-state index is 6.22. The number of pyridine rings is 1. The summed E-state index contributed by atoms with van der Waals surface area (Å²) in [4.78, 5) is 4.16. The van der Waals surface area contributed by atoms with E-state index in [-0.39, 0.29) is 0 Å². The van der Waals surface area contributed by atoms with Crippen LogP contribution in [0.2, 0.25) is 0 Å². The highest BCUT2D eigenvalue weighted by Crippen LogP contribution is 2.28. The van der Waals surface area contributed by atoms with Crippen LogP contribution in [0, 0.1) is 5.92 Å². The molecule has 1 aromatic heterocycles. The molecule has 0 spiro atoms. The molecule has 0 radical (unpaired) electrons. The Morgan fingerprint density at radius 2 is 2.13 bits per heavy atom. The van der Waals surface area contributed by atoms with Crippen molar-refractivity contribution in [3.8, 4) is 0 Å². The second-order valence-electron chi connectivity index (χ2n) is 4.42. The van der Waals surface area contributed by atoms with E-state index in [4.69, 9.17) is 5.73 Å². The third-order valence-corrected chi connectivity index (χ3v) is 3.67. The molecule has 1 atom stereocenters. The number of hydrogen-bond acceptors (Lipinski definition) is 2. The second-order valence-corrected chi connectivity index (χ2v) is 5.34. The van der Waals surface area contributed by atoms with Crippen LogP contribution in [0.4, 0.5) is 0 Å². The van der Waals surface area contributed by atoms with Crippen LogP contribution < -0.4 is 5.73 Å². The Bertz CT molecular complexity index is 321. The zero-order valence-electron chi connectivity index (χ0n) is 8.82. The highest BCUT2D eigenvalue weighted by molar-refractivity contribution is 9.10. The number of nitrogens with two attached hydrogens (primary N) is 1. The third kappa shape index (κ3) is 3.02. The fourth-order valence-electron chi connectivity index (χ4n) is 2.39. The van der Waals surface area contributed by atoms with Crippen molar-refractivity contribution in [1.29, 1.82) is 0 Å². The van der Waals surface area contributed by atoms with Crippen LogP contribution in [0.5, 0.6) is 0 Å². The molecule has 0 aromatic carbocycles. The van der Waals surface area contributed by atoms with Gasteiger partial charge in [-0.1, -0.05) is 12.8 Å². The molecule has 3 heteroatoms. The summed E-state index contributed by atoms with van der Waals surface area (Å²) >= 11 is 3.43. The molecule has 2 rings (SSSR count). The summed E-state index contributed by atoms with van der Waals surface area (Å²) < 4.78 is 1.04. The van der Waals surface area contributed by atoms with Crippen molar-refractivity contribution in [2.45, 2.75) is 38.1 Å². The summed E-state index contributed by atoms with van der Waals surface area (Å²) in [5.41, 5.74) is 7.46. The average Bonchev–Trinajstić information content (AvgIpc) is 2.70.